The Labute approximate surface area is 233 Å². The topological polar surface area (TPSA) is 112 Å². The maximum atomic E-state index is 12.9. The van der Waals surface area contributed by atoms with Crippen LogP contribution in [0.5, 0.6) is 0 Å². The molecule has 0 radical (unpaired) electrons. The minimum atomic E-state index is -0.537. The standard InChI is InChI=1S/C30H61N3O5/c1-23(2)37-17-14-28(7,8)24(34)32-19-26(3,4)21-36-22-27(5,6)20-33-25(35)29(9,10)15-18-38-30(11,12)13-16-31/h23H,13-22,31H2,1-12H3,(H,32,34)(H,33,35). The number of rotatable bonds is 20. The summed E-state index contributed by atoms with van der Waals surface area (Å²) in [6, 6.07) is 0. The highest BCUT2D eigenvalue weighted by Gasteiger charge is 2.32. The summed E-state index contributed by atoms with van der Waals surface area (Å²) in [5.74, 6) is 0.0344. The van der Waals surface area contributed by atoms with Crippen LogP contribution in [0.3, 0.4) is 0 Å². The maximum Gasteiger partial charge on any atom is 0.225 e. The summed E-state index contributed by atoms with van der Waals surface area (Å²) in [5, 5.41) is 6.19. The van der Waals surface area contributed by atoms with Gasteiger partial charge in [-0.1, -0.05) is 55.4 Å². The molecule has 0 rings (SSSR count). The Morgan fingerprint density at radius 2 is 1.13 bits per heavy atom. The fraction of sp³-hybridized carbons (Fsp3) is 0.933. The highest BCUT2D eigenvalue weighted by molar-refractivity contribution is 5.82. The lowest BCUT2D eigenvalue weighted by atomic mass is 9.87. The van der Waals surface area contributed by atoms with Crippen LogP contribution in [-0.4, -0.2) is 69.6 Å². The van der Waals surface area contributed by atoms with Gasteiger partial charge in [-0.15, -0.1) is 0 Å². The van der Waals surface area contributed by atoms with Crippen LogP contribution in [0.25, 0.3) is 0 Å². The van der Waals surface area contributed by atoms with Crippen molar-refractivity contribution in [2.45, 2.75) is 114 Å². The van der Waals surface area contributed by atoms with E-state index >= 15 is 0 Å². The van der Waals surface area contributed by atoms with Crippen LogP contribution < -0.4 is 16.4 Å². The van der Waals surface area contributed by atoms with Gasteiger partial charge in [0.25, 0.3) is 0 Å². The molecular weight excluding hydrogens is 482 g/mol. The Balaban J connectivity index is 4.52. The molecule has 2 amide bonds. The lowest BCUT2D eigenvalue weighted by molar-refractivity contribution is -0.132. The van der Waals surface area contributed by atoms with Crippen molar-refractivity contribution in [2.75, 3.05) is 46.1 Å². The molecule has 4 N–H and O–H groups in total. The van der Waals surface area contributed by atoms with Crippen molar-refractivity contribution in [3.8, 4) is 0 Å². The second-order valence-electron chi connectivity index (χ2n) is 14.5. The van der Waals surface area contributed by atoms with E-state index in [1.54, 1.807) is 0 Å². The van der Waals surface area contributed by atoms with Gasteiger partial charge < -0.3 is 30.6 Å². The van der Waals surface area contributed by atoms with Crippen molar-refractivity contribution in [1.29, 1.82) is 0 Å². The number of ether oxygens (including phenoxy) is 3. The van der Waals surface area contributed by atoms with Gasteiger partial charge in [-0.2, -0.15) is 0 Å². The number of carbonyl (C=O) groups excluding carboxylic acids is 2. The molecule has 0 aromatic carbocycles. The monoisotopic (exact) mass is 543 g/mol. The van der Waals surface area contributed by atoms with Gasteiger partial charge >= 0.3 is 0 Å². The Morgan fingerprint density at radius 1 is 0.711 bits per heavy atom. The summed E-state index contributed by atoms with van der Waals surface area (Å²) in [7, 11) is 0. The molecule has 8 nitrogen and oxygen atoms in total. The molecule has 0 atom stereocenters. The Hall–Kier alpha value is -1.22. The van der Waals surface area contributed by atoms with Gasteiger partial charge in [-0.3, -0.25) is 9.59 Å². The average molecular weight is 544 g/mol. The molecule has 0 aromatic heterocycles. The Kier molecular flexibility index (Phi) is 15.0. The summed E-state index contributed by atoms with van der Waals surface area (Å²) in [5.41, 5.74) is 3.88. The van der Waals surface area contributed by atoms with Crippen LogP contribution in [0, 0.1) is 21.7 Å². The van der Waals surface area contributed by atoms with Crippen LogP contribution in [0.15, 0.2) is 0 Å². The summed E-state index contributed by atoms with van der Waals surface area (Å²) in [4.78, 5) is 25.6. The number of nitrogens with two attached hydrogens (primary N) is 1. The largest absolute Gasteiger partial charge is 0.380 e. The first-order valence-corrected chi connectivity index (χ1v) is 14.2. The van der Waals surface area contributed by atoms with Crippen molar-refractivity contribution in [2.24, 2.45) is 27.4 Å². The maximum absolute atomic E-state index is 12.9. The van der Waals surface area contributed by atoms with Gasteiger partial charge in [0.15, 0.2) is 0 Å². The lowest BCUT2D eigenvalue weighted by Crippen LogP contribution is -2.45. The summed E-state index contributed by atoms with van der Waals surface area (Å²) < 4.78 is 17.6. The first-order valence-electron chi connectivity index (χ1n) is 14.2. The Morgan fingerprint density at radius 3 is 1.53 bits per heavy atom. The zero-order chi connectivity index (χ0) is 29.8. The molecule has 0 heterocycles. The van der Waals surface area contributed by atoms with Crippen LogP contribution in [-0.2, 0) is 23.8 Å². The number of hydrogen-bond acceptors (Lipinski definition) is 6. The quantitative estimate of drug-likeness (QED) is 0.205. The fourth-order valence-corrected chi connectivity index (χ4v) is 3.60. The molecule has 226 valence electrons. The van der Waals surface area contributed by atoms with Crippen molar-refractivity contribution >= 4 is 11.8 Å². The minimum Gasteiger partial charge on any atom is -0.380 e. The molecule has 0 saturated carbocycles. The van der Waals surface area contributed by atoms with Crippen LogP contribution >= 0.6 is 0 Å². The second kappa shape index (κ2) is 15.5. The van der Waals surface area contributed by atoms with E-state index < -0.39 is 10.8 Å². The van der Waals surface area contributed by atoms with Crippen LogP contribution in [0.2, 0.25) is 0 Å². The van der Waals surface area contributed by atoms with Gasteiger partial charge in [0.1, 0.15) is 0 Å². The predicted octanol–water partition coefficient (Wildman–Crippen LogP) is 4.69. The van der Waals surface area contributed by atoms with Gasteiger partial charge in [0.2, 0.25) is 11.8 Å². The molecule has 0 bridgehead atoms. The highest BCUT2D eigenvalue weighted by atomic mass is 16.5. The molecule has 0 aliphatic rings. The molecule has 0 saturated heterocycles. The number of hydrogen-bond donors (Lipinski definition) is 3. The van der Waals surface area contributed by atoms with Crippen molar-refractivity contribution in [3.63, 3.8) is 0 Å². The number of amides is 2. The smallest absolute Gasteiger partial charge is 0.225 e. The molecule has 8 heteroatoms. The second-order valence-corrected chi connectivity index (χ2v) is 14.5. The van der Waals surface area contributed by atoms with E-state index in [0.717, 1.165) is 6.42 Å². The van der Waals surface area contributed by atoms with Gasteiger partial charge in [0, 0.05) is 48.0 Å². The third-order valence-corrected chi connectivity index (χ3v) is 6.81. The molecule has 0 aliphatic heterocycles. The van der Waals surface area contributed by atoms with Crippen molar-refractivity contribution < 1.29 is 23.8 Å². The van der Waals surface area contributed by atoms with Crippen LogP contribution in [0.1, 0.15) is 102 Å². The molecule has 0 fully saturated rings. The molecular formula is C30H61N3O5. The zero-order valence-corrected chi connectivity index (χ0v) is 26.8. The third-order valence-electron chi connectivity index (χ3n) is 6.81. The van der Waals surface area contributed by atoms with Crippen molar-refractivity contribution in [3.05, 3.63) is 0 Å². The molecule has 0 aliphatic carbocycles. The van der Waals surface area contributed by atoms with Crippen molar-refractivity contribution in [1.82, 2.24) is 10.6 Å². The van der Waals surface area contributed by atoms with E-state index in [2.05, 4.69) is 38.3 Å². The molecule has 0 aromatic rings. The number of nitrogens with one attached hydrogen (secondary N) is 2. The molecule has 0 unspecified atom stereocenters. The zero-order valence-electron chi connectivity index (χ0n) is 26.8. The summed E-state index contributed by atoms with van der Waals surface area (Å²) >= 11 is 0. The Bertz CT molecular complexity index is 715. The van der Waals surface area contributed by atoms with E-state index in [1.807, 2.05) is 55.4 Å². The SMILES string of the molecule is CC(C)OCCC(C)(C)C(=O)NCC(C)(C)COCC(C)(C)CNC(=O)C(C)(C)CCOC(C)(C)CCN. The van der Waals surface area contributed by atoms with Gasteiger partial charge in [-0.05, 0) is 53.5 Å². The fourth-order valence-electron chi connectivity index (χ4n) is 3.60. The predicted molar refractivity (Wildman–Crippen MR) is 156 cm³/mol. The molecule has 0 spiro atoms. The minimum absolute atomic E-state index is 0.00950. The summed E-state index contributed by atoms with van der Waals surface area (Å²) in [6.45, 7) is 27.8. The lowest BCUT2D eigenvalue weighted by Gasteiger charge is -2.32. The van der Waals surface area contributed by atoms with E-state index in [1.165, 1.54) is 0 Å². The third kappa shape index (κ3) is 16.0. The van der Waals surface area contributed by atoms with E-state index in [9.17, 15) is 9.59 Å². The van der Waals surface area contributed by atoms with Gasteiger partial charge in [-0.25, -0.2) is 0 Å². The first-order chi connectivity index (χ1) is 17.1. The average Bonchev–Trinajstić information content (AvgIpc) is 2.74. The molecule has 38 heavy (non-hydrogen) atoms. The normalized spacial score (nSPS) is 13.6. The highest BCUT2D eigenvalue weighted by Crippen LogP contribution is 2.25. The number of carbonyl (C=O) groups is 2. The van der Waals surface area contributed by atoms with E-state index in [0.29, 0.717) is 58.9 Å². The van der Waals surface area contributed by atoms with E-state index in [4.69, 9.17) is 19.9 Å². The van der Waals surface area contributed by atoms with E-state index in [-0.39, 0.29) is 34.3 Å². The summed E-state index contributed by atoms with van der Waals surface area (Å²) in [6.07, 6.45) is 2.24. The van der Waals surface area contributed by atoms with Gasteiger partial charge in [0.05, 0.1) is 24.9 Å². The van der Waals surface area contributed by atoms with Crippen LogP contribution in [0.4, 0.5) is 0 Å². The first kappa shape index (κ1) is 36.8.